The van der Waals surface area contributed by atoms with Crippen LogP contribution < -0.4 is 5.73 Å². The fourth-order valence-corrected chi connectivity index (χ4v) is 2.32. The first kappa shape index (κ1) is 12.0. The van der Waals surface area contributed by atoms with E-state index >= 15 is 0 Å². The normalized spacial score (nSPS) is 21.6. The lowest BCUT2D eigenvalue weighted by atomic mass is 10.2. The molecule has 2 N–H and O–H groups in total. The molecule has 1 fully saturated rings. The maximum atomic E-state index is 13.7. The van der Waals surface area contributed by atoms with E-state index in [2.05, 4.69) is 15.9 Å². The number of rotatable bonds is 2. The molecule has 5 heteroatoms. The predicted octanol–water partition coefficient (Wildman–Crippen LogP) is 2.26. The summed E-state index contributed by atoms with van der Waals surface area (Å²) in [6.07, 6.45) is 0.886. The molecule has 0 aromatic heterocycles. The molecule has 1 aliphatic rings. The summed E-state index contributed by atoms with van der Waals surface area (Å²) in [7, 11) is 0. The van der Waals surface area contributed by atoms with Gasteiger partial charge in [0.15, 0.2) is 0 Å². The largest absolute Gasteiger partial charge is 0.326 e. The molecule has 16 heavy (non-hydrogen) atoms. The van der Waals surface area contributed by atoms with E-state index in [9.17, 15) is 8.78 Å². The summed E-state index contributed by atoms with van der Waals surface area (Å²) >= 11 is 3.06. The third kappa shape index (κ3) is 2.42. The van der Waals surface area contributed by atoms with Crippen molar-refractivity contribution in [2.24, 2.45) is 5.73 Å². The molecule has 1 aromatic rings. The first-order chi connectivity index (χ1) is 7.58. The zero-order valence-electron chi connectivity index (χ0n) is 8.72. The van der Waals surface area contributed by atoms with E-state index in [4.69, 9.17) is 5.73 Å². The summed E-state index contributed by atoms with van der Waals surface area (Å²) < 4.78 is 27.4. The Balaban J connectivity index is 2.18. The Morgan fingerprint density at radius 2 is 2.19 bits per heavy atom. The molecule has 0 unspecified atom stereocenters. The smallest absolute Gasteiger partial charge is 0.144 e. The second kappa shape index (κ2) is 4.77. The second-order valence-electron chi connectivity index (χ2n) is 4.11. The molecule has 1 aromatic carbocycles. The van der Waals surface area contributed by atoms with Gasteiger partial charge in [-0.25, -0.2) is 8.78 Å². The van der Waals surface area contributed by atoms with Crippen LogP contribution in [0.4, 0.5) is 8.78 Å². The minimum absolute atomic E-state index is 0.114. The topological polar surface area (TPSA) is 29.3 Å². The molecule has 0 saturated carbocycles. The van der Waals surface area contributed by atoms with Crippen molar-refractivity contribution in [1.29, 1.82) is 0 Å². The van der Waals surface area contributed by atoms with E-state index in [1.54, 1.807) is 0 Å². The van der Waals surface area contributed by atoms with Gasteiger partial charge < -0.3 is 5.73 Å². The van der Waals surface area contributed by atoms with Crippen molar-refractivity contribution in [3.05, 3.63) is 33.8 Å². The van der Waals surface area contributed by atoms with Gasteiger partial charge in [0.2, 0.25) is 0 Å². The number of hydrogen-bond donors (Lipinski definition) is 1. The van der Waals surface area contributed by atoms with E-state index in [0.29, 0.717) is 11.0 Å². The van der Waals surface area contributed by atoms with Gasteiger partial charge in [0, 0.05) is 31.2 Å². The van der Waals surface area contributed by atoms with Crippen LogP contribution in [-0.2, 0) is 6.54 Å². The fraction of sp³-hybridized carbons (Fsp3) is 0.455. The number of benzene rings is 1. The van der Waals surface area contributed by atoms with E-state index < -0.39 is 11.6 Å². The van der Waals surface area contributed by atoms with Crippen molar-refractivity contribution < 1.29 is 8.78 Å². The second-order valence-corrected chi connectivity index (χ2v) is 4.96. The van der Waals surface area contributed by atoms with Crippen LogP contribution in [0, 0.1) is 11.6 Å². The van der Waals surface area contributed by atoms with Crippen molar-refractivity contribution in [3.8, 4) is 0 Å². The lowest BCUT2D eigenvalue weighted by Gasteiger charge is -2.16. The fourth-order valence-electron chi connectivity index (χ4n) is 1.94. The van der Waals surface area contributed by atoms with Gasteiger partial charge in [0.25, 0.3) is 0 Å². The van der Waals surface area contributed by atoms with Crippen molar-refractivity contribution in [1.82, 2.24) is 4.90 Å². The Labute approximate surface area is 102 Å². The minimum atomic E-state index is -0.513. The summed E-state index contributed by atoms with van der Waals surface area (Å²) in [5.74, 6) is -1.01. The number of nitrogens with zero attached hydrogens (tertiary/aromatic N) is 1. The molecule has 1 saturated heterocycles. The van der Waals surface area contributed by atoms with Gasteiger partial charge in [-0.3, -0.25) is 4.90 Å². The maximum Gasteiger partial charge on any atom is 0.144 e. The van der Waals surface area contributed by atoms with Crippen molar-refractivity contribution >= 4 is 15.9 Å². The quantitative estimate of drug-likeness (QED) is 0.847. The SMILES string of the molecule is N[C@@H]1CCN(Cc2c(F)ccc(Br)c2F)C1. The number of likely N-dealkylation sites (tertiary alicyclic amines) is 1. The average Bonchev–Trinajstić information content (AvgIpc) is 2.65. The summed E-state index contributed by atoms with van der Waals surface area (Å²) in [5, 5.41) is 0. The molecule has 0 radical (unpaired) electrons. The molecule has 2 rings (SSSR count). The molecular weight excluding hydrogens is 278 g/mol. The highest BCUT2D eigenvalue weighted by molar-refractivity contribution is 9.10. The van der Waals surface area contributed by atoms with Gasteiger partial charge in [-0.1, -0.05) is 0 Å². The molecule has 1 atom stereocenters. The average molecular weight is 291 g/mol. The molecule has 2 nitrogen and oxygen atoms in total. The Bertz CT molecular complexity index is 398. The highest BCUT2D eigenvalue weighted by Crippen LogP contribution is 2.23. The van der Waals surface area contributed by atoms with Crippen molar-refractivity contribution in [3.63, 3.8) is 0 Å². The molecule has 0 aliphatic carbocycles. The van der Waals surface area contributed by atoms with Crippen molar-refractivity contribution in [2.75, 3.05) is 13.1 Å². The third-order valence-electron chi connectivity index (χ3n) is 2.83. The Morgan fingerprint density at radius 1 is 1.44 bits per heavy atom. The molecule has 88 valence electrons. The van der Waals surface area contributed by atoms with E-state index in [1.165, 1.54) is 12.1 Å². The highest BCUT2D eigenvalue weighted by atomic mass is 79.9. The lowest BCUT2D eigenvalue weighted by Crippen LogP contribution is -2.27. The molecule has 0 spiro atoms. The molecule has 1 heterocycles. The van der Waals surface area contributed by atoms with Crippen LogP contribution in [0.15, 0.2) is 16.6 Å². The van der Waals surface area contributed by atoms with Crippen LogP contribution in [0.1, 0.15) is 12.0 Å². The summed E-state index contributed by atoms with van der Waals surface area (Å²) in [6, 6.07) is 2.78. The van der Waals surface area contributed by atoms with Crippen LogP contribution in [0.2, 0.25) is 0 Å². The summed E-state index contributed by atoms with van der Waals surface area (Å²) in [6.45, 7) is 1.78. The first-order valence-electron chi connectivity index (χ1n) is 5.18. The molecule has 1 aliphatic heterocycles. The van der Waals surface area contributed by atoms with Gasteiger partial charge >= 0.3 is 0 Å². The van der Waals surface area contributed by atoms with Gasteiger partial charge in [-0.05, 0) is 34.5 Å². The maximum absolute atomic E-state index is 13.7. The van der Waals surface area contributed by atoms with Crippen LogP contribution in [0.5, 0.6) is 0 Å². The number of nitrogens with two attached hydrogens (primary N) is 1. The van der Waals surface area contributed by atoms with Gasteiger partial charge in [-0.2, -0.15) is 0 Å². The summed E-state index contributed by atoms with van der Waals surface area (Å²) in [5.41, 5.74) is 5.86. The van der Waals surface area contributed by atoms with Crippen LogP contribution in [0.3, 0.4) is 0 Å². The highest BCUT2D eigenvalue weighted by Gasteiger charge is 2.22. The van der Waals surface area contributed by atoms with Crippen LogP contribution >= 0.6 is 15.9 Å². The Kier molecular flexibility index (Phi) is 3.56. The van der Waals surface area contributed by atoms with Gasteiger partial charge in [0.1, 0.15) is 11.6 Å². The van der Waals surface area contributed by atoms with Gasteiger partial charge in [0.05, 0.1) is 4.47 Å². The first-order valence-corrected chi connectivity index (χ1v) is 5.97. The standard InChI is InChI=1S/C11H13BrF2N2/c12-9-1-2-10(13)8(11(9)14)6-16-4-3-7(15)5-16/h1-2,7H,3-6,15H2/t7-/m1/s1. The monoisotopic (exact) mass is 290 g/mol. The lowest BCUT2D eigenvalue weighted by molar-refractivity contribution is 0.314. The molecule has 0 amide bonds. The number of hydrogen-bond acceptors (Lipinski definition) is 2. The third-order valence-corrected chi connectivity index (χ3v) is 3.44. The van der Waals surface area contributed by atoms with Gasteiger partial charge in [-0.15, -0.1) is 0 Å². The van der Waals surface area contributed by atoms with Crippen LogP contribution in [0.25, 0.3) is 0 Å². The summed E-state index contributed by atoms with van der Waals surface area (Å²) in [4.78, 5) is 1.97. The zero-order chi connectivity index (χ0) is 11.7. The van der Waals surface area contributed by atoms with Crippen LogP contribution in [-0.4, -0.2) is 24.0 Å². The minimum Gasteiger partial charge on any atom is -0.326 e. The van der Waals surface area contributed by atoms with E-state index in [0.717, 1.165) is 13.0 Å². The van der Waals surface area contributed by atoms with Crippen molar-refractivity contribution in [2.45, 2.75) is 19.0 Å². The Hall–Kier alpha value is -0.520. The Morgan fingerprint density at radius 3 is 2.81 bits per heavy atom. The number of halogens is 3. The predicted molar refractivity (Wildman–Crippen MR) is 61.9 cm³/mol. The van der Waals surface area contributed by atoms with E-state index in [1.807, 2.05) is 4.90 Å². The molecule has 0 bridgehead atoms. The van der Waals surface area contributed by atoms with E-state index in [-0.39, 0.29) is 18.2 Å². The zero-order valence-corrected chi connectivity index (χ0v) is 10.3. The molecular formula is C11H13BrF2N2.